The van der Waals surface area contributed by atoms with Gasteiger partial charge in [-0.15, -0.1) is 21.5 Å². The molecule has 0 unspecified atom stereocenters. The van der Waals surface area contributed by atoms with Crippen LogP contribution in [0.2, 0.25) is 5.02 Å². The Morgan fingerprint density at radius 1 is 1.26 bits per heavy atom. The van der Waals surface area contributed by atoms with Gasteiger partial charge in [0.2, 0.25) is 10.0 Å². The van der Waals surface area contributed by atoms with Gasteiger partial charge >= 0.3 is 0 Å². The summed E-state index contributed by atoms with van der Waals surface area (Å²) < 4.78 is 31.7. The lowest BCUT2D eigenvalue weighted by Gasteiger charge is -2.17. The topological polar surface area (TPSA) is 89.2 Å². The van der Waals surface area contributed by atoms with Crippen LogP contribution in [0, 0.1) is 0 Å². The Labute approximate surface area is 165 Å². The molecule has 0 radical (unpaired) electrons. The Bertz CT molecular complexity index is 1220. The van der Waals surface area contributed by atoms with Crippen LogP contribution >= 0.6 is 22.9 Å². The molecule has 7 nitrogen and oxygen atoms in total. The molecule has 1 atom stereocenters. The summed E-state index contributed by atoms with van der Waals surface area (Å²) in [7, 11) is -3.92. The molecule has 3 aromatic heterocycles. The molecule has 0 spiro atoms. The highest BCUT2D eigenvalue weighted by Crippen LogP contribution is 2.32. The first-order valence-electron chi connectivity index (χ1n) is 8.35. The third kappa shape index (κ3) is 3.31. The van der Waals surface area contributed by atoms with E-state index in [0.29, 0.717) is 23.4 Å². The number of hydrogen-bond donors (Lipinski definition) is 1. The fraction of sp³-hybridized carbons (Fsp3) is 0.235. The number of rotatable bonds is 6. The average molecular weight is 422 g/mol. The zero-order valence-electron chi connectivity index (χ0n) is 14.3. The van der Waals surface area contributed by atoms with E-state index in [9.17, 15) is 8.42 Å². The lowest BCUT2D eigenvalue weighted by Crippen LogP contribution is -2.30. The summed E-state index contributed by atoms with van der Waals surface area (Å²) in [6.07, 6.45) is 3.15. The number of benzene rings is 1. The van der Waals surface area contributed by atoms with E-state index in [-0.39, 0.29) is 9.92 Å². The Kier molecular flexibility index (Phi) is 4.85. The Morgan fingerprint density at radius 2 is 2.11 bits per heavy atom. The van der Waals surface area contributed by atoms with Crippen LogP contribution < -0.4 is 4.72 Å². The molecule has 0 aliphatic heterocycles. The van der Waals surface area contributed by atoms with Gasteiger partial charge in [-0.3, -0.25) is 4.40 Å². The van der Waals surface area contributed by atoms with Gasteiger partial charge in [-0.1, -0.05) is 31.0 Å². The minimum atomic E-state index is -3.92. The molecule has 0 aliphatic carbocycles. The van der Waals surface area contributed by atoms with Gasteiger partial charge in [-0.05, 0) is 30.7 Å². The van der Waals surface area contributed by atoms with Gasteiger partial charge in [0.25, 0.3) is 0 Å². The molecule has 3 heterocycles. The fourth-order valence-electron chi connectivity index (χ4n) is 3.01. The van der Waals surface area contributed by atoms with Crippen LogP contribution in [0.5, 0.6) is 0 Å². The first-order chi connectivity index (χ1) is 13.0. The molecule has 140 valence electrons. The monoisotopic (exact) mass is 421 g/mol. The lowest BCUT2D eigenvalue weighted by molar-refractivity contribution is 0.517. The summed E-state index contributed by atoms with van der Waals surface area (Å²) in [5.74, 6) is 0.539. The van der Waals surface area contributed by atoms with Crippen LogP contribution in [0.15, 0.2) is 46.9 Å². The smallest absolute Gasteiger partial charge is 0.244 e. The number of fused-ring (bicyclic) bond motifs is 2. The number of nitrogens with one attached hydrogen (secondary N) is 1. The predicted octanol–water partition coefficient (Wildman–Crippen LogP) is 3.81. The molecule has 0 saturated heterocycles. The molecule has 4 rings (SSSR count). The largest absolute Gasteiger partial charge is 0.285 e. The highest BCUT2D eigenvalue weighted by Gasteiger charge is 2.28. The summed E-state index contributed by atoms with van der Waals surface area (Å²) in [5, 5.41) is 8.47. The zero-order valence-corrected chi connectivity index (χ0v) is 16.7. The molecule has 0 bridgehead atoms. The van der Waals surface area contributed by atoms with Gasteiger partial charge in [-0.2, -0.15) is 0 Å². The maximum absolute atomic E-state index is 13.2. The van der Waals surface area contributed by atoms with Gasteiger partial charge in [0.05, 0.1) is 21.3 Å². The first-order valence-corrected chi connectivity index (χ1v) is 11.1. The SMILES string of the molecule is CCC[C@@H](NS(=O)(=O)c1c(Cl)ccc2scnc12)c1nnc2ccccn12. The van der Waals surface area contributed by atoms with Crippen LogP contribution in [0.1, 0.15) is 31.6 Å². The first kappa shape index (κ1) is 18.3. The normalized spacial score (nSPS) is 13.4. The minimum absolute atomic E-state index is 0.00200. The number of pyridine rings is 1. The fourth-order valence-corrected chi connectivity index (χ4v) is 5.67. The number of aromatic nitrogens is 4. The molecule has 1 N–H and O–H groups in total. The van der Waals surface area contributed by atoms with E-state index in [2.05, 4.69) is 19.9 Å². The third-order valence-corrected chi connectivity index (χ3v) is 6.97. The van der Waals surface area contributed by atoms with Crippen molar-refractivity contribution in [3.63, 3.8) is 0 Å². The van der Waals surface area contributed by atoms with Gasteiger partial charge in [0.15, 0.2) is 11.5 Å². The second kappa shape index (κ2) is 7.16. The van der Waals surface area contributed by atoms with E-state index in [1.807, 2.05) is 31.3 Å². The molecule has 1 aromatic carbocycles. The molecular formula is C17H16ClN5O2S2. The number of nitrogens with zero attached hydrogens (tertiary/aromatic N) is 4. The predicted molar refractivity (Wildman–Crippen MR) is 106 cm³/mol. The molecule has 0 saturated carbocycles. The lowest BCUT2D eigenvalue weighted by atomic mass is 10.2. The molecule has 27 heavy (non-hydrogen) atoms. The van der Waals surface area contributed by atoms with Gasteiger partial charge in [0.1, 0.15) is 10.4 Å². The highest BCUT2D eigenvalue weighted by atomic mass is 35.5. The Hall–Kier alpha value is -2.07. The number of halogens is 1. The van der Waals surface area contributed by atoms with Crippen molar-refractivity contribution in [2.45, 2.75) is 30.7 Å². The van der Waals surface area contributed by atoms with Crippen LogP contribution in [0.25, 0.3) is 15.9 Å². The molecule has 0 aliphatic rings. The van der Waals surface area contributed by atoms with Crippen molar-refractivity contribution in [3.8, 4) is 0 Å². The van der Waals surface area contributed by atoms with E-state index in [0.717, 1.165) is 11.1 Å². The maximum atomic E-state index is 13.2. The molecule has 4 aromatic rings. The van der Waals surface area contributed by atoms with Crippen LogP contribution in [-0.4, -0.2) is 28.0 Å². The van der Waals surface area contributed by atoms with Crippen molar-refractivity contribution in [2.24, 2.45) is 0 Å². The van der Waals surface area contributed by atoms with Crippen molar-refractivity contribution in [1.82, 2.24) is 24.3 Å². The van der Waals surface area contributed by atoms with E-state index in [4.69, 9.17) is 11.6 Å². The van der Waals surface area contributed by atoms with Crippen molar-refractivity contribution in [1.29, 1.82) is 0 Å². The molecule has 0 fully saturated rings. The molecule has 0 amide bonds. The second-order valence-electron chi connectivity index (χ2n) is 6.03. The van der Waals surface area contributed by atoms with Crippen LogP contribution in [0.4, 0.5) is 0 Å². The summed E-state index contributed by atoms with van der Waals surface area (Å²) in [6, 6.07) is 8.34. The van der Waals surface area contributed by atoms with E-state index in [1.165, 1.54) is 11.3 Å². The number of thiazole rings is 1. The summed E-state index contributed by atoms with van der Waals surface area (Å²) in [6.45, 7) is 1.98. The number of sulfonamides is 1. The van der Waals surface area contributed by atoms with Crippen molar-refractivity contribution < 1.29 is 8.42 Å². The molecule has 10 heteroatoms. The van der Waals surface area contributed by atoms with Crippen LogP contribution in [0.3, 0.4) is 0 Å². The van der Waals surface area contributed by atoms with Gasteiger partial charge in [-0.25, -0.2) is 18.1 Å². The summed E-state index contributed by atoms with van der Waals surface area (Å²) in [4.78, 5) is 4.19. The molecular weight excluding hydrogens is 406 g/mol. The highest BCUT2D eigenvalue weighted by molar-refractivity contribution is 7.89. The second-order valence-corrected chi connectivity index (χ2v) is 8.97. The van der Waals surface area contributed by atoms with Gasteiger partial charge in [0, 0.05) is 6.20 Å². The minimum Gasteiger partial charge on any atom is -0.285 e. The summed E-state index contributed by atoms with van der Waals surface area (Å²) >= 11 is 7.60. The van der Waals surface area contributed by atoms with Gasteiger partial charge < -0.3 is 0 Å². The van der Waals surface area contributed by atoms with E-state index < -0.39 is 16.1 Å². The maximum Gasteiger partial charge on any atom is 0.244 e. The number of hydrogen-bond acceptors (Lipinski definition) is 6. The van der Waals surface area contributed by atoms with Crippen molar-refractivity contribution >= 4 is 48.8 Å². The zero-order chi connectivity index (χ0) is 19.0. The van der Waals surface area contributed by atoms with E-state index >= 15 is 0 Å². The van der Waals surface area contributed by atoms with Crippen LogP contribution in [-0.2, 0) is 10.0 Å². The average Bonchev–Trinajstić information content (AvgIpc) is 3.27. The van der Waals surface area contributed by atoms with E-state index in [1.54, 1.807) is 22.0 Å². The van der Waals surface area contributed by atoms with Crippen molar-refractivity contribution in [2.75, 3.05) is 0 Å². The standard InChI is InChI=1S/C17H16ClN5O2S2/c1-2-5-12(17-21-20-14-6-3-4-9-23(14)17)22-27(24,25)16-11(18)7-8-13-15(16)19-10-26-13/h3-4,6-10,12,22H,2,5H2,1H3/t12-/m1/s1. The van der Waals surface area contributed by atoms with Crippen molar-refractivity contribution in [3.05, 3.63) is 52.9 Å². The Morgan fingerprint density at radius 3 is 2.93 bits per heavy atom. The Balaban J connectivity index is 1.79. The third-order valence-electron chi connectivity index (χ3n) is 4.20. The summed E-state index contributed by atoms with van der Waals surface area (Å²) in [5.41, 5.74) is 2.64. The quantitative estimate of drug-likeness (QED) is 0.511.